The van der Waals surface area contributed by atoms with Crippen LogP contribution in [-0.4, -0.2) is 50.1 Å². The molecule has 1 N–H and O–H groups in total. The molecule has 1 heterocycles. The molecule has 1 fully saturated rings. The van der Waals surface area contributed by atoms with Gasteiger partial charge in [-0.1, -0.05) is 23.7 Å². The number of hydrogen-bond donors (Lipinski definition) is 1. The first-order chi connectivity index (χ1) is 12.5. The number of piperazine rings is 1. The standard InChI is InChI=1S/C20H24ClN3O2/c1-15(26-19-6-4-3-5-18(19)21)20(25)22-16-7-9-17(10-8-16)24-13-11-23(2)12-14-24/h3-10,15H,11-14H2,1-2H3,(H,22,25)/t15-/m0/s1. The van der Waals surface area contributed by atoms with Crippen molar-refractivity contribution >= 4 is 28.9 Å². The molecule has 138 valence electrons. The summed E-state index contributed by atoms with van der Waals surface area (Å²) >= 11 is 6.07. The molecule has 1 aliphatic rings. The van der Waals surface area contributed by atoms with Gasteiger partial charge in [-0.05, 0) is 50.4 Å². The highest BCUT2D eigenvalue weighted by molar-refractivity contribution is 6.32. The molecule has 0 radical (unpaired) electrons. The molecule has 0 spiro atoms. The lowest BCUT2D eigenvalue weighted by Crippen LogP contribution is -2.44. The zero-order chi connectivity index (χ0) is 18.5. The Balaban J connectivity index is 1.56. The van der Waals surface area contributed by atoms with E-state index in [0.29, 0.717) is 10.8 Å². The summed E-state index contributed by atoms with van der Waals surface area (Å²) in [6.45, 7) is 5.87. The van der Waals surface area contributed by atoms with Crippen LogP contribution in [0.25, 0.3) is 0 Å². The molecule has 1 amide bonds. The minimum Gasteiger partial charge on any atom is -0.479 e. The summed E-state index contributed by atoms with van der Waals surface area (Å²) in [5.74, 6) is 0.291. The van der Waals surface area contributed by atoms with Crippen LogP contribution in [0, 0.1) is 0 Å². The van der Waals surface area contributed by atoms with Crippen LogP contribution in [0.1, 0.15) is 6.92 Å². The number of benzene rings is 2. The van der Waals surface area contributed by atoms with E-state index in [4.69, 9.17) is 16.3 Å². The Bertz CT molecular complexity index is 743. The second-order valence-electron chi connectivity index (χ2n) is 6.52. The second-order valence-corrected chi connectivity index (χ2v) is 6.92. The van der Waals surface area contributed by atoms with E-state index in [9.17, 15) is 4.79 Å². The fourth-order valence-electron chi connectivity index (χ4n) is 2.85. The average Bonchev–Trinajstić information content (AvgIpc) is 2.65. The quantitative estimate of drug-likeness (QED) is 0.871. The number of hydrogen-bond acceptors (Lipinski definition) is 4. The number of ether oxygens (including phenoxy) is 1. The number of nitrogens with one attached hydrogen (secondary N) is 1. The van der Waals surface area contributed by atoms with Crippen LogP contribution in [0.3, 0.4) is 0 Å². The van der Waals surface area contributed by atoms with Gasteiger partial charge in [-0.2, -0.15) is 0 Å². The van der Waals surface area contributed by atoms with Crippen molar-refractivity contribution in [3.63, 3.8) is 0 Å². The summed E-state index contributed by atoms with van der Waals surface area (Å²) in [5, 5.41) is 3.37. The lowest BCUT2D eigenvalue weighted by molar-refractivity contribution is -0.122. The van der Waals surface area contributed by atoms with Crippen LogP contribution in [0.15, 0.2) is 48.5 Å². The molecule has 0 bridgehead atoms. The fourth-order valence-corrected chi connectivity index (χ4v) is 3.03. The molecule has 0 aromatic heterocycles. The third-order valence-electron chi connectivity index (χ3n) is 4.51. The first-order valence-corrected chi connectivity index (χ1v) is 9.16. The normalized spacial score (nSPS) is 16.2. The molecule has 2 aromatic rings. The molecule has 3 rings (SSSR count). The van der Waals surface area contributed by atoms with Crippen molar-refractivity contribution in [2.75, 3.05) is 43.4 Å². The lowest BCUT2D eigenvalue weighted by atomic mass is 10.2. The minimum absolute atomic E-state index is 0.211. The first-order valence-electron chi connectivity index (χ1n) is 8.78. The third kappa shape index (κ3) is 4.68. The lowest BCUT2D eigenvalue weighted by Gasteiger charge is -2.34. The number of nitrogens with zero attached hydrogens (tertiary/aromatic N) is 2. The van der Waals surface area contributed by atoms with Gasteiger partial charge in [0.2, 0.25) is 0 Å². The van der Waals surface area contributed by atoms with Crippen molar-refractivity contribution in [2.24, 2.45) is 0 Å². The smallest absolute Gasteiger partial charge is 0.265 e. The summed E-state index contributed by atoms with van der Waals surface area (Å²) < 4.78 is 5.65. The van der Waals surface area contributed by atoms with E-state index >= 15 is 0 Å². The highest BCUT2D eigenvalue weighted by Crippen LogP contribution is 2.25. The number of amides is 1. The Morgan fingerprint density at radius 2 is 1.73 bits per heavy atom. The Hall–Kier alpha value is -2.24. The Labute approximate surface area is 159 Å². The van der Waals surface area contributed by atoms with E-state index in [1.54, 1.807) is 19.1 Å². The van der Waals surface area contributed by atoms with Gasteiger partial charge < -0.3 is 19.9 Å². The van der Waals surface area contributed by atoms with Gasteiger partial charge in [-0.25, -0.2) is 0 Å². The minimum atomic E-state index is -0.646. The number of carbonyl (C=O) groups excluding carboxylic acids is 1. The zero-order valence-corrected chi connectivity index (χ0v) is 15.9. The number of likely N-dealkylation sites (N-methyl/N-ethyl adjacent to an activating group) is 1. The molecular formula is C20H24ClN3O2. The number of para-hydroxylation sites is 1. The molecule has 6 heteroatoms. The average molecular weight is 374 g/mol. The van der Waals surface area contributed by atoms with Gasteiger partial charge in [0.25, 0.3) is 5.91 Å². The van der Waals surface area contributed by atoms with Crippen molar-refractivity contribution in [3.8, 4) is 5.75 Å². The van der Waals surface area contributed by atoms with E-state index in [0.717, 1.165) is 31.9 Å². The molecule has 5 nitrogen and oxygen atoms in total. The van der Waals surface area contributed by atoms with Crippen LogP contribution >= 0.6 is 11.6 Å². The molecule has 2 aromatic carbocycles. The molecule has 1 aliphatic heterocycles. The SMILES string of the molecule is C[C@H](Oc1ccccc1Cl)C(=O)Nc1ccc(N2CCN(C)CC2)cc1. The van der Waals surface area contributed by atoms with Crippen molar-refractivity contribution in [1.29, 1.82) is 0 Å². The topological polar surface area (TPSA) is 44.8 Å². The van der Waals surface area contributed by atoms with E-state index in [1.165, 1.54) is 5.69 Å². The monoisotopic (exact) mass is 373 g/mol. The number of carbonyl (C=O) groups is 1. The van der Waals surface area contributed by atoms with Crippen LogP contribution in [0.4, 0.5) is 11.4 Å². The van der Waals surface area contributed by atoms with E-state index in [2.05, 4.69) is 22.2 Å². The zero-order valence-electron chi connectivity index (χ0n) is 15.1. The Morgan fingerprint density at radius 1 is 1.08 bits per heavy atom. The predicted octanol–water partition coefficient (Wildman–Crippen LogP) is 3.50. The fraction of sp³-hybridized carbons (Fsp3) is 0.350. The molecule has 0 saturated carbocycles. The van der Waals surface area contributed by atoms with Gasteiger partial charge in [0.15, 0.2) is 6.10 Å². The van der Waals surface area contributed by atoms with Crippen LogP contribution < -0.4 is 15.0 Å². The predicted molar refractivity (Wildman–Crippen MR) is 106 cm³/mol. The summed E-state index contributed by atoms with van der Waals surface area (Å²) in [6.07, 6.45) is -0.646. The van der Waals surface area contributed by atoms with Crippen molar-refractivity contribution in [2.45, 2.75) is 13.0 Å². The molecule has 1 atom stereocenters. The number of anilines is 2. The number of rotatable bonds is 5. The maximum absolute atomic E-state index is 12.4. The molecule has 0 aliphatic carbocycles. The highest BCUT2D eigenvalue weighted by atomic mass is 35.5. The van der Waals surface area contributed by atoms with Crippen molar-refractivity contribution in [3.05, 3.63) is 53.6 Å². The maximum Gasteiger partial charge on any atom is 0.265 e. The number of halogens is 1. The summed E-state index contributed by atoms with van der Waals surface area (Å²) in [5.41, 5.74) is 1.93. The largest absolute Gasteiger partial charge is 0.479 e. The maximum atomic E-state index is 12.4. The van der Waals surface area contributed by atoms with E-state index < -0.39 is 6.10 Å². The van der Waals surface area contributed by atoms with Crippen LogP contribution in [0.5, 0.6) is 5.75 Å². The summed E-state index contributed by atoms with van der Waals surface area (Å²) in [4.78, 5) is 17.0. The van der Waals surface area contributed by atoms with Crippen molar-refractivity contribution < 1.29 is 9.53 Å². The van der Waals surface area contributed by atoms with E-state index in [1.807, 2.05) is 36.4 Å². The molecular weight excluding hydrogens is 350 g/mol. The highest BCUT2D eigenvalue weighted by Gasteiger charge is 2.17. The van der Waals surface area contributed by atoms with Gasteiger partial charge in [-0.15, -0.1) is 0 Å². The van der Waals surface area contributed by atoms with Gasteiger partial charge in [0.05, 0.1) is 5.02 Å². The third-order valence-corrected chi connectivity index (χ3v) is 4.83. The summed E-state index contributed by atoms with van der Waals surface area (Å²) in [6, 6.07) is 15.1. The Kier molecular flexibility index (Phi) is 6.01. The summed E-state index contributed by atoms with van der Waals surface area (Å²) in [7, 11) is 2.14. The molecule has 0 unspecified atom stereocenters. The van der Waals surface area contributed by atoms with Gasteiger partial charge in [-0.3, -0.25) is 4.79 Å². The van der Waals surface area contributed by atoms with E-state index in [-0.39, 0.29) is 5.91 Å². The van der Waals surface area contributed by atoms with Crippen LogP contribution in [0.2, 0.25) is 5.02 Å². The van der Waals surface area contributed by atoms with Gasteiger partial charge in [0, 0.05) is 37.6 Å². The molecule has 1 saturated heterocycles. The van der Waals surface area contributed by atoms with Crippen LogP contribution in [-0.2, 0) is 4.79 Å². The van der Waals surface area contributed by atoms with Gasteiger partial charge in [0.1, 0.15) is 5.75 Å². The Morgan fingerprint density at radius 3 is 2.38 bits per heavy atom. The van der Waals surface area contributed by atoms with Gasteiger partial charge >= 0.3 is 0 Å². The molecule has 26 heavy (non-hydrogen) atoms. The van der Waals surface area contributed by atoms with Crippen molar-refractivity contribution in [1.82, 2.24) is 4.90 Å². The second kappa shape index (κ2) is 8.43. The first kappa shape index (κ1) is 18.5.